The first-order valence-corrected chi connectivity index (χ1v) is 3.88. The quantitative estimate of drug-likeness (QED) is 0.604. The summed E-state index contributed by atoms with van der Waals surface area (Å²) < 4.78 is 0. The van der Waals surface area contributed by atoms with Crippen LogP contribution < -0.4 is 5.73 Å². The molecule has 0 spiro atoms. The van der Waals surface area contributed by atoms with Crippen LogP contribution in [0, 0.1) is 16.7 Å². The third kappa shape index (κ3) is 1.13. The van der Waals surface area contributed by atoms with Gasteiger partial charge in [0.15, 0.2) is 0 Å². The molecule has 0 aromatic rings. The van der Waals surface area contributed by atoms with Gasteiger partial charge in [-0.15, -0.1) is 12.4 Å². The summed E-state index contributed by atoms with van der Waals surface area (Å²) in [7, 11) is 0. The second-order valence-electron chi connectivity index (χ2n) is 3.96. The molecule has 3 saturated carbocycles. The molecule has 3 aliphatic carbocycles. The largest absolute Gasteiger partial charge is 0.325 e. The lowest BCUT2D eigenvalue weighted by atomic mass is 9.51. The van der Waals surface area contributed by atoms with Gasteiger partial charge in [-0.05, 0) is 25.7 Å². The number of hydrogen-bond acceptors (Lipinski definition) is 2. The number of hydrogen-bond donors (Lipinski definition) is 1. The van der Waals surface area contributed by atoms with E-state index in [1.165, 1.54) is 0 Å². The van der Waals surface area contributed by atoms with Crippen LogP contribution in [0.3, 0.4) is 0 Å². The molecule has 0 heterocycles. The highest BCUT2D eigenvalue weighted by Gasteiger charge is 2.55. The lowest BCUT2D eigenvalue weighted by Crippen LogP contribution is -2.60. The fourth-order valence-corrected chi connectivity index (χ4v) is 2.56. The Hall–Kier alpha value is -0.260. The Morgan fingerprint density at radius 1 is 1.27 bits per heavy atom. The highest BCUT2D eigenvalue weighted by atomic mass is 35.5. The molecule has 0 atom stereocenters. The topological polar surface area (TPSA) is 49.8 Å². The standard InChI is InChI=1S/C8H12N2.ClH/c9-6-7-2-1-3-8(10,4-7)5-7;/h1-5,10H2;1H. The third-order valence-corrected chi connectivity index (χ3v) is 2.95. The Bertz CT molecular complexity index is 201. The number of nitrogens with zero attached hydrogens (tertiary/aromatic N) is 1. The summed E-state index contributed by atoms with van der Waals surface area (Å²) in [6.07, 6.45) is 5.29. The molecule has 3 fully saturated rings. The zero-order valence-corrected chi connectivity index (χ0v) is 7.28. The van der Waals surface area contributed by atoms with Crippen LogP contribution in [-0.2, 0) is 0 Å². The molecule has 0 saturated heterocycles. The Morgan fingerprint density at radius 2 is 1.91 bits per heavy atom. The average molecular weight is 173 g/mol. The van der Waals surface area contributed by atoms with Gasteiger partial charge in [-0.25, -0.2) is 0 Å². The Labute approximate surface area is 73.2 Å². The van der Waals surface area contributed by atoms with Crippen molar-refractivity contribution in [3.05, 3.63) is 0 Å². The fourth-order valence-electron chi connectivity index (χ4n) is 2.56. The lowest BCUT2D eigenvalue weighted by molar-refractivity contribution is 0.0189. The van der Waals surface area contributed by atoms with Gasteiger partial charge in [0.25, 0.3) is 0 Å². The first-order valence-electron chi connectivity index (χ1n) is 3.88. The van der Waals surface area contributed by atoms with E-state index in [9.17, 15) is 0 Å². The van der Waals surface area contributed by atoms with Crippen molar-refractivity contribution in [1.29, 1.82) is 5.26 Å². The second kappa shape index (κ2) is 2.36. The molecule has 62 valence electrons. The van der Waals surface area contributed by atoms with Crippen LogP contribution in [0.1, 0.15) is 32.1 Å². The van der Waals surface area contributed by atoms with Crippen molar-refractivity contribution < 1.29 is 0 Å². The summed E-state index contributed by atoms with van der Waals surface area (Å²) in [4.78, 5) is 0. The van der Waals surface area contributed by atoms with E-state index < -0.39 is 0 Å². The molecular formula is C8H13ClN2. The average Bonchev–Trinajstić information content (AvgIpc) is 1.86. The molecule has 2 N–H and O–H groups in total. The van der Waals surface area contributed by atoms with Crippen molar-refractivity contribution in [2.45, 2.75) is 37.6 Å². The molecule has 2 nitrogen and oxygen atoms in total. The van der Waals surface area contributed by atoms with Gasteiger partial charge in [-0.3, -0.25) is 0 Å². The van der Waals surface area contributed by atoms with Gasteiger partial charge >= 0.3 is 0 Å². The minimum atomic E-state index is 0. The maximum atomic E-state index is 8.80. The normalized spacial score (nSPS) is 46.5. The zero-order chi connectivity index (χ0) is 7.24. The lowest BCUT2D eigenvalue weighted by Gasteiger charge is -2.55. The van der Waals surface area contributed by atoms with Crippen LogP contribution in [0.5, 0.6) is 0 Å². The van der Waals surface area contributed by atoms with E-state index in [0.29, 0.717) is 0 Å². The summed E-state index contributed by atoms with van der Waals surface area (Å²) >= 11 is 0. The second-order valence-corrected chi connectivity index (χ2v) is 3.96. The number of rotatable bonds is 0. The minimum absolute atomic E-state index is 0. The predicted octanol–water partition coefficient (Wildman–Crippen LogP) is 1.59. The summed E-state index contributed by atoms with van der Waals surface area (Å²) in [6, 6.07) is 2.39. The first-order chi connectivity index (χ1) is 4.68. The van der Waals surface area contributed by atoms with E-state index in [4.69, 9.17) is 11.0 Å². The van der Waals surface area contributed by atoms with Crippen molar-refractivity contribution in [1.82, 2.24) is 0 Å². The molecule has 0 aromatic carbocycles. The summed E-state index contributed by atoms with van der Waals surface area (Å²) in [5, 5.41) is 8.80. The molecule has 11 heavy (non-hydrogen) atoms. The highest BCUT2D eigenvalue weighted by Crippen LogP contribution is 2.56. The number of nitriles is 1. The van der Waals surface area contributed by atoms with E-state index in [0.717, 1.165) is 32.1 Å². The van der Waals surface area contributed by atoms with Crippen LogP contribution in [-0.4, -0.2) is 5.54 Å². The Morgan fingerprint density at radius 3 is 2.27 bits per heavy atom. The molecule has 3 rings (SSSR count). The summed E-state index contributed by atoms with van der Waals surface area (Å²) in [6.45, 7) is 0. The summed E-state index contributed by atoms with van der Waals surface area (Å²) in [5.41, 5.74) is 6.02. The van der Waals surface area contributed by atoms with Crippen LogP contribution >= 0.6 is 12.4 Å². The van der Waals surface area contributed by atoms with Crippen molar-refractivity contribution in [3.8, 4) is 6.07 Å². The molecule has 0 radical (unpaired) electrons. The van der Waals surface area contributed by atoms with Gasteiger partial charge < -0.3 is 5.73 Å². The van der Waals surface area contributed by atoms with Gasteiger partial charge in [0.2, 0.25) is 0 Å². The van der Waals surface area contributed by atoms with Crippen LogP contribution in [0.2, 0.25) is 0 Å². The Kier molecular flexibility index (Phi) is 1.90. The summed E-state index contributed by atoms with van der Waals surface area (Å²) in [5.74, 6) is 0. The van der Waals surface area contributed by atoms with Gasteiger partial charge in [-0.1, -0.05) is 6.42 Å². The zero-order valence-electron chi connectivity index (χ0n) is 6.47. The van der Waals surface area contributed by atoms with E-state index in [2.05, 4.69) is 6.07 Å². The maximum Gasteiger partial charge on any atom is 0.0691 e. The van der Waals surface area contributed by atoms with E-state index in [1.54, 1.807) is 0 Å². The van der Waals surface area contributed by atoms with Crippen LogP contribution in [0.15, 0.2) is 0 Å². The number of halogens is 1. The van der Waals surface area contributed by atoms with Crippen molar-refractivity contribution in [2.75, 3.05) is 0 Å². The first kappa shape index (κ1) is 8.83. The van der Waals surface area contributed by atoms with Gasteiger partial charge in [-0.2, -0.15) is 5.26 Å². The molecular weight excluding hydrogens is 160 g/mol. The predicted molar refractivity (Wildman–Crippen MR) is 45.3 cm³/mol. The molecule has 3 aliphatic rings. The van der Waals surface area contributed by atoms with Gasteiger partial charge in [0.05, 0.1) is 11.5 Å². The maximum absolute atomic E-state index is 8.80. The van der Waals surface area contributed by atoms with Crippen molar-refractivity contribution >= 4 is 12.4 Å². The molecule has 0 aliphatic heterocycles. The number of fused-ring (bicyclic) bond motifs is 2. The highest BCUT2D eigenvalue weighted by molar-refractivity contribution is 5.85. The SMILES string of the molecule is Cl.N#CC12CCCC(N)(C1)C2. The van der Waals surface area contributed by atoms with Crippen LogP contribution in [0.25, 0.3) is 0 Å². The molecule has 3 heteroatoms. The molecule has 0 aromatic heterocycles. The number of nitrogens with two attached hydrogens (primary N) is 1. The molecule has 2 bridgehead atoms. The third-order valence-electron chi connectivity index (χ3n) is 2.95. The minimum Gasteiger partial charge on any atom is -0.325 e. The van der Waals surface area contributed by atoms with Crippen molar-refractivity contribution in [3.63, 3.8) is 0 Å². The van der Waals surface area contributed by atoms with Crippen molar-refractivity contribution in [2.24, 2.45) is 11.1 Å². The van der Waals surface area contributed by atoms with E-state index >= 15 is 0 Å². The molecule has 0 unspecified atom stereocenters. The molecule has 0 amide bonds. The Balaban J connectivity index is 0.000000605. The van der Waals surface area contributed by atoms with Gasteiger partial charge in [0, 0.05) is 5.54 Å². The van der Waals surface area contributed by atoms with Crippen LogP contribution in [0.4, 0.5) is 0 Å². The van der Waals surface area contributed by atoms with Gasteiger partial charge in [0.1, 0.15) is 0 Å². The van der Waals surface area contributed by atoms with E-state index in [1.807, 2.05) is 0 Å². The smallest absolute Gasteiger partial charge is 0.0691 e. The van der Waals surface area contributed by atoms with E-state index in [-0.39, 0.29) is 23.4 Å². The monoisotopic (exact) mass is 172 g/mol. The fraction of sp³-hybridized carbons (Fsp3) is 0.875.